The zero-order valence-corrected chi connectivity index (χ0v) is 18.3. The molecule has 8 rings (SSSR count). The number of nitrogens with zero attached hydrogens (tertiary/aromatic N) is 2. The highest BCUT2D eigenvalue weighted by atomic mass is 16.7. The van der Waals surface area contributed by atoms with Crippen LogP contribution in [0.25, 0.3) is 0 Å². The smallest absolute Gasteiger partial charge is 0.414 e. The van der Waals surface area contributed by atoms with Gasteiger partial charge in [0.1, 0.15) is 0 Å². The van der Waals surface area contributed by atoms with Crippen LogP contribution in [-0.4, -0.2) is 62.6 Å². The number of ether oxygens (including phenoxy) is 4. The molecule has 2 bridgehead atoms. The van der Waals surface area contributed by atoms with Crippen LogP contribution in [0.4, 0.5) is 10.5 Å². The maximum atomic E-state index is 13.5. The summed E-state index contributed by atoms with van der Waals surface area (Å²) in [5, 5.41) is 0. The van der Waals surface area contributed by atoms with E-state index < -0.39 is 17.0 Å². The molecule has 1 saturated carbocycles. The van der Waals surface area contributed by atoms with Crippen LogP contribution in [-0.2, 0) is 19.7 Å². The van der Waals surface area contributed by atoms with Crippen molar-refractivity contribution in [1.82, 2.24) is 4.90 Å². The molecule has 0 aromatic heterocycles. The van der Waals surface area contributed by atoms with Crippen LogP contribution in [0.3, 0.4) is 0 Å². The maximum absolute atomic E-state index is 13.5. The molecule has 1 amide bonds. The Bertz CT molecular complexity index is 1120. The lowest BCUT2D eigenvalue weighted by Crippen LogP contribution is -2.75. The lowest BCUT2D eigenvalue weighted by atomic mass is 9.42. The van der Waals surface area contributed by atoms with Crippen LogP contribution in [0, 0.1) is 5.41 Å². The van der Waals surface area contributed by atoms with Gasteiger partial charge in [0, 0.05) is 16.9 Å². The average molecular weight is 438 g/mol. The van der Waals surface area contributed by atoms with E-state index in [-0.39, 0.29) is 24.2 Å². The number of amides is 1. The minimum atomic E-state index is -0.866. The van der Waals surface area contributed by atoms with E-state index in [0.717, 1.165) is 44.3 Å². The van der Waals surface area contributed by atoms with Gasteiger partial charge in [0.05, 0.1) is 31.0 Å². The molecule has 2 unspecified atom stereocenters. The van der Waals surface area contributed by atoms with Crippen LogP contribution in [0.1, 0.15) is 37.7 Å². The monoisotopic (exact) mass is 438 g/mol. The Morgan fingerprint density at radius 1 is 1.06 bits per heavy atom. The Kier molecular flexibility index (Phi) is 3.40. The zero-order chi connectivity index (χ0) is 21.9. The van der Waals surface area contributed by atoms with Gasteiger partial charge >= 0.3 is 12.1 Å². The molecule has 1 aromatic rings. The van der Waals surface area contributed by atoms with Crippen molar-refractivity contribution in [3.8, 4) is 11.5 Å². The molecule has 4 aliphatic heterocycles. The number of rotatable bonds is 1. The third-order valence-corrected chi connectivity index (χ3v) is 9.19. The predicted molar refractivity (Wildman–Crippen MR) is 113 cm³/mol. The van der Waals surface area contributed by atoms with E-state index in [9.17, 15) is 9.59 Å². The summed E-state index contributed by atoms with van der Waals surface area (Å²) in [6.45, 7) is 2.10. The summed E-state index contributed by atoms with van der Waals surface area (Å²) in [7, 11) is 2.81. The minimum absolute atomic E-state index is 0.0974. The molecule has 8 heteroatoms. The predicted octanol–water partition coefficient (Wildman–Crippen LogP) is 2.74. The number of esters is 1. The second-order valence-electron chi connectivity index (χ2n) is 9.91. The number of methoxy groups -OCH3 is 2. The molecule has 1 aromatic carbocycles. The SMILES string of the molecule is COC(=O)C1=CC23CCCN4CC[C@@]5(c6ccc7c(c6N(C(=O)OC)C15CC2)OCO7)[C@@H]43. The van der Waals surface area contributed by atoms with Gasteiger partial charge in [-0.05, 0) is 56.8 Å². The Hall–Kier alpha value is -2.74. The molecule has 168 valence electrons. The second kappa shape index (κ2) is 5.78. The van der Waals surface area contributed by atoms with E-state index in [4.69, 9.17) is 18.9 Å². The number of hydrogen-bond acceptors (Lipinski definition) is 7. The van der Waals surface area contributed by atoms with Crippen molar-refractivity contribution in [2.24, 2.45) is 5.41 Å². The summed E-state index contributed by atoms with van der Waals surface area (Å²) in [6.07, 6.45) is 6.33. The summed E-state index contributed by atoms with van der Waals surface area (Å²) in [5.41, 5.74) is 0.982. The van der Waals surface area contributed by atoms with Crippen molar-refractivity contribution >= 4 is 17.7 Å². The normalized spacial score (nSPS) is 37.5. The molecule has 3 spiro atoms. The number of benzene rings is 1. The summed E-state index contributed by atoms with van der Waals surface area (Å²) in [4.78, 5) is 31.2. The van der Waals surface area contributed by atoms with E-state index in [0.29, 0.717) is 29.2 Å². The third kappa shape index (κ3) is 1.73. The van der Waals surface area contributed by atoms with Crippen molar-refractivity contribution < 1.29 is 28.5 Å². The molecular weight excluding hydrogens is 412 g/mol. The van der Waals surface area contributed by atoms with Crippen LogP contribution in [0.15, 0.2) is 23.8 Å². The van der Waals surface area contributed by atoms with Gasteiger partial charge in [-0.3, -0.25) is 9.80 Å². The number of anilines is 1. The van der Waals surface area contributed by atoms with Crippen LogP contribution in [0.2, 0.25) is 0 Å². The molecule has 32 heavy (non-hydrogen) atoms. The van der Waals surface area contributed by atoms with E-state index >= 15 is 0 Å². The maximum Gasteiger partial charge on any atom is 0.414 e. The Balaban J connectivity index is 1.62. The summed E-state index contributed by atoms with van der Waals surface area (Å²) >= 11 is 0. The first kappa shape index (κ1) is 18.8. The molecule has 3 aliphatic carbocycles. The van der Waals surface area contributed by atoms with Gasteiger partial charge in [-0.1, -0.05) is 12.1 Å². The quantitative estimate of drug-likeness (QED) is 0.624. The zero-order valence-electron chi connectivity index (χ0n) is 18.3. The molecule has 4 atom stereocenters. The average Bonchev–Trinajstić information content (AvgIpc) is 3.52. The highest BCUT2D eigenvalue weighted by Crippen LogP contribution is 2.75. The van der Waals surface area contributed by atoms with Crippen molar-refractivity contribution in [1.29, 1.82) is 0 Å². The van der Waals surface area contributed by atoms with Gasteiger partial charge < -0.3 is 18.9 Å². The Morgan fingerprint density at radius 2 is 1.94 bits per heavy atom. The molecule has 0 N–H and O–H groups in total. The molecule has 3 fully saturated rings. The van der Waals surface area contributed by atoms with Crippen molar-refractivity contribution in [2.45, 2.75) is 49.1 Å². The number of fused-ring (bicyclic) bond motifs is 4. The first-order valence-corrected chi connectivity index (χ1v) is 11.4. The van der Waals surface area contributed by atoms with Crippen molar-refractivity contribution in [3.63, 3.8) is 0 Å². The highest BCUT2D eigenvalue weighted by molar-refractivity contribution is 6.05. The fourth-order valence-electron chi connectivity index (χ4n) is 8.42. The van der Waals surface area contributed by atoms with Crippen molar-refractivity contribution in [3.05, 3.63) is 29.3 Å². The fourth-order valence-corrected chi connectivity index (χ4v) is 8.42. The van der Waals surface area contributed by atoms with Gasteiger partial charge in [-0.15, -0.1) is 0 Å². The van der Waals surface area contributed by atoms with Gasteiger partial charge in [0.15, 0.2) is 11.5 Å². The molecular formula is C24H26N2O6. The Labute approximate surface area is 186 Å². The number of carbonyl (C=O) groups excluding carboxylic acids is 2. The number of hydrogen-bond donors (Lipinski definition) is 0. The van der Waals surface area contributed by atoms with E-state index in [1.165, 1.54) is 14.2 Å². The topological polar surface area (TPSA) is 77.5 Å². The highest BCUT2D eigenvalue weighted by Gasteiger charge is 2.80. The first-order valence-electron chi connectivity index (χ1n) is 11.4. The lowest BCUT2D eigenvalue weighted by Gasteiger charge is -2.66. The van der Waals surface area contributed by atoms with Crippen LogP contribution in [0.5, 0.6) is 11.5 Å². The van der Waals surface area contributed by atoms with Gasteiger partial charge in [0.25, 0.3) is 0 Å². The fraction of sp³-hybridized carbons (Fsp3) is 0.583. The van der Waals surface area contributed by atoms with Gasteiger partial charge in [0.2, 0.25) is 6.79 Å². The summed E-state index contributed by atoms with van der Waals surface area (Å²) in [5.74, 6) is 0.832. The lowest BCUT2D eigenvalue weighted by molar-refractivity contribution is -0.139. The van der Waals surface area contributed by atoms with E-state index in [1.54, 1.807) is 4.90 Å². The minimum Gasteiger partial charge on any atom is -0.466 e. The van der Waals surface area contributed by atoms with Gasteiger partial charge in [-0.2, -0.15) is 0 Å². The van der Waals surface area contributed by atoms with Crippen LogP contribution >= 0.6 is 0 Å². The summed E-state index contributed by atoms with van der Waals surface area (Å²) in [6, 6.07) is 4.26. The number of carbonyl (C=O) groups is 2. The first-order chi connectivity index (χ1) is 15.5. The van der Waals surface area contributed by atoms with Crippen LogP contribution < -0.4 is 14.4 Å². The molecule has 8 nitrogen and oxygen atoms in total. The summed E-state index contributed by atoms with van der Waals surface area (Å²) < 4.78 is 22.3. The van der Waals surface area contributed by atoms with Crippen molar-refractivity contribution in [2.75, 3.05) is 39.0 Å². The third-order valence-electron chi connectivity index (χ3n) is 9.19. The molecule has 4 heterocycles. The molecule has 2 saturated heterocycles. The molecule has 0 radical (unpaired) electrons. The number of piperidine rings is 1. The Morgan fingerprint density at radius 3 is 2.75 bits per heavy atom. The van der Waals surface area contributed by atoms with Gasteiger partial charge in [-0.25, -0.2) is 9.59 Å². The molecule has 7 aliphatic rings. The van der Waals surface area contributed by atoms with E-state index in [2.05, 4.69) is 17.0 Å². The largest absolute Gasteiger partial charge is 0.466 e. The second-order valence-corrected chi connectivity index (χ2v) is 9.91. The standard InChI is InChI=1S/C24H26N2O6/c1-29-19(27)15-12-22-6-3-10-25-11-9-23(20(22)25)14-4-5-16-18(32-13-31-16)17(14)26(21(28)30-2)24(15,23)8-7-22/h4-5,12,20H,3,6-11,13H2,1-2H3/t20-,22?,23+,24?/m0/s1. The van der Waals surface area contributed by atoms with E-state index in [1.807, 2.05) is 6.07 Å².